The molecule has 2 aromatic rings. The lowest BCUT2D eigenvalue weighted by atomic mass is 10.1. The number of primary amides is 1. The lowest BCUT2D eigenvalue weighted by Gasteiger charge is -2.29. The van der Waals surface area contributed by atoms with E-state index in [2.05, 4.69) is 46.2 Å². The van der Waals surface area contributed by atoms with Crippen molar-refractivity contribution in [1.82, 2.24) is 9.80 Å². The summed E-state index contributed by atoms with van der Waals surface area (Å²) < 4.78 is 0. The van der Waals surface area contributed by atoms with Gasteiger partial charge in [0.1, 0.15) is 6.04 Å². The van der Waals surface area contributed by atoms with Crippen LogP contribution in [0, 0.1) is 0 Å². The molecule has 1 heterocycles. The van der Waals surface area contributed by atoms with Crippen LogP contribution in [0.5, 0.6) is 0 Å². The van der Waals surface area contributed by atoms with Gasteiger partial charge in [-0.2, -0.15) is 0 Å². The summed E-state index contributed by atoms with van der Waals surface area (Å²) in [6, 6.07) is 20.5. The molecular weight excluding hydrogens is 369 g/mol. The maximum absolute atomic E-state index is 12.1. The number of halogens is 2. The average Bonchev–Trinajstić information content (AvgIpc) is 2.79. The number of rotatable bonds is 5. The predicted octanol–water partition coefficient (Wildman–Crippen LogP) is 3.09. The molecule has 4 nitrogen and oxygen atoms in total. The molecule has 0 radical (unpaired) electrons. The maximum Gasteiger partial charge on any atom is 0.236 e. The van der Waals surface area contributed by atoms with Crippen molar-refractivity contribution in [3.8, 4) is 0 Å². The van der Waals surface area contributed by atoms with Gasteiger partial charge in [0.05, 0.1) is 0 Å². The van der Waals surface area contributed by atoms with Crippen LogP contribution in [0.25, 0.3) is 0 Å². The van der Waals surface area contributed by atoms with E-state index >= 15 is 0 Å². The van der Waals surface area contributed by atoms with Crippen molar-refractivity contribution in [2.75, 3.05) is 19.6 Å². The molecule has 1 amide bonds. The van der Waals surface area contributed by atoms with Gasteiger partial charge < -0.3 is 5.73 Å². The number of carbonyl (C=O) groups excluding carboxylic acids is 1. The fraction of sp³-hybridized carbons (Fsp3) is 0.350. The summed E-state index contributed by atoms with van der Waals surface area (Å²) in [6.45, 7) is 4.21. The first kappa shape index (κ1) is 22.5. The number of benzene rings is 2. The molecule has 0 bridgehead atoms. The standard InChI is InChI=1S/C20H25N3O.2ClH/c21-20(24)19-16-22(14-17-8-3-1-4-9-17)12-7-13-23(19)15-18-10-5-2-6-11-18;;/h1-6,8-11,19H,7,12-16H2,(H2,21,24);2*1H. The first-order valence-electron chi connectivity index (χ1n) is 8.56. The van der Waals surface area contributed by atoms with Crippen molar-refractivity contribution >= 4 is 30.7 Å². The lowest BCUT2D eigenvalue weighted by molar-refractivity contribution is -0.123. The summed E-state index contributed by atoms with van der Waals surface area (Å²) in [5.41, 5.74) is 8.23. The number of carbonyl (C=O) groups is 1. The molecule has 1 atom stereocenters. The lowest BCUT2D eigenvalue weighted by Crippen LogP contribution is -2.48. The van der Waals surface area contributed by atoms with Gasteiger partial charge in [-0.25, -0.2) is 0 Å². The maximum atomic E-state index is 12.1. The van der Waals surface area contributed by atoms with Crippen molar-refractivity contribution in [3.05, 3.63) is 71.8 Å². The molecule has 0 spiro atoms. The monoisotopic (exact) mass is 395 g/mol. The van der Waals surface area contributed by atoms with Crippen LogP contribution in [0.15, 0.2) is 60.7 Å². The van der Waals surface area contributed by atoms with Gasteiger partial charge in [-0.1, -0.05) is 60.7 Å². The zero-order valence-corrected chi connectivity index (χ0v) is 16.4. The molecule has 0 aliphatic carbocycles. The van der Waals surface area contributed by atoms with Crippen molar-refractivity contribution in [1.29, 1.82) is 0 Å². The van der Waals surface area contributed by atoms with Gasteiger partial charge in [0.2, 0.25) is 5.91 Å². The third-order valence-corrected chi connectivity index (χ3v) is 4.60. The van der Waals surface area contributed by atoms with Gasteiger partial charge in [0.15, 0.2) is 0 Å². The van der Waals surface area contributed by atoms with E-state index in [0.29, 0.717) is 6.54 Å². The summed E-state index contributed by atoms with van der Waals surface area (Å²) >= 11 is 0. The highest BCUT2D eigenvalue weighted by Crippen LogP contribution is 2.16. The van der Waals surface area contributed by atoms with Gasteiger partial charge in [0.25, 0.3) is 0 Å². The van der Waals surface area contributed by atoms with Crippen LogP contribution in [0.1, 0.15) is 17.5 Å². The Morgan fingerprint density at radius 2 is 1.42 bits per heavy atom. The Morgan fingerprint density at radius 3 is 1.96 bits per heavy atom. The Kier molecular flexibility index (Phi) is 9.66. The SMILES string of the molecule is Cl.Cl.NC(=O)C1CN(Cc2ccccc2)CCCN1Cc1ccccc1. The Hall–Kier alpha value is -1.59. The number of hydrogen-bond acceptors (Lipinski definition) is 3. The van der Waals surface area contributed by atoms with Crippen molar-refractivity contribution in [3.63, 3.8) is 0 Å². The quantitative estimate of drug-likeness (QED) is 0.845. The molecule has 1 aliphatic heterocycles. The van der Waals surface area contributed by atoms with Crippen LogP contribution in [0.4, 0.5) is 0 Å². The van der Waals surface area contributed by atoms with Gasteiger partial charge >= 0.3 is 0 Å². The van der Waals surface area contributed by atoms with Crippen LogP contribution in [0.3, 0.4) is 0 Å². The Bertz CT molecular complexity index is 655. The zero-order chi connectivity index (χ0) is 16.8. The van der Waals surface area contributed by atoms with E-state index in [9.17, 15) is 4.79 Å². The summed E-state index contributed by atoms with van der Waals surface area (Å²) in [7, 11) is 0. The molecule has 0 aromatic heterocycles. The summed E-state index contributed by atoms with van der Waals surface area (Å²) in [5, 5.41) is 0. The first-order valence-corrected chi connectivity index (χ1v) is 8.56. The second-order valence-electron chi connectivity index (χ2n) is 6.45. The van der Waals surface area contributed by atoms with Crippen LogP contribution in [-0.2, 0) is 17.9 Å². The largest absolute Gasteiger partial charge is 0.368 e. The first-order chi connectivity index (χ1) is 11.7. The molecule has 3 rings (SSSR count). The van der Waals surface area contributed by atoms with E-state index in [0.717, 1.165) is 32.6 Å². The van der Waals surface area contributed by atoms with Crippen molar-refractivity contribution in [2.24, 2.45) is 5.73 Å². The molecule has 0 saturated carbocycles. The molecule has 26 heavy (non-hydrogen) atoms. The minimum Gasteiger partial charge on any atom is -0.368 e. The van der Waals surface area contributed by atoms with E-state index in [4.69, 9.17) is 5.73 Å². The molecule has 2 N–H and O–H groups in total. The van der Waals surface area contributed by atoms with Crippen LogP contribution >= 0.6 is 24.8 Å². The summed E-state index contributed by atoms with van der Waals surface area (Å²) in [5.74, 6) is -0.231. The number of nitrogens with zero attached hydrogens (tertiary/aromatic N) is 2. The van der Waals surface area contributed by atoms with Gasteiger partial charge in [-0.3, -0.25) is 14.6 Å². The third-order valence-electron chi connectivity index (χ3n) is 4.60. The van der Waals surface area contributed by atoms with Crippen LogP contribution in [0.2, 0.25) is 0 Å². The summed E-state index contributed by atoms with van der Waals surface area (Å²) in [6.07, 6.45) is 1.05. The molecule has 1 aliphatic rings. The topological polar surface area (TPSA) is 49.6 Å². The van der Waals surface area contributed by atoms with Crippen molar-refractivity contribution in [2.45, 2.75) is 25.6 Å². The second kappa shape index (κ2) is 11.2. The number of hydrogen-bond donors (Lipinski definition) is 1. The third kappa shape index (κ3) is 6.29. The Labute approximate surface area is 168 Å². The number of amides is 1. The predicted molar refractivity (Wildman–Crippen MR) is 111 cm³/mol. The van der Waals surface area contributed by atoms with E-state index in [-0.39, 0.29) is 36.8 Å². The molecule has 1 fully saturated rings. The van der Waals surface area contributed by atoms with Gasteiger partial charge in [-0.15, -0.1) is 24.8 Å². The highest BCUT2D eigenvalue weighted by Gasteiger charge is 2.29. The normalized spacial score (nSPS) is 18.2. The smallest absolute Gasteiger partial charge is 0.236 e. The Morgan fingerprint density at radius 1 is 0.885 bits per heavy atom. The fourth-order valence-corrected chi connectivity index (χ4v) is 3.37. The van der Waals surface area contributed by atoms with E-state index in [1.165, 1.54) is 11.1 Å². The molecule has 1 saturated heterocycles. The fourth-order valence-electron chi connectivity index (χ4n) is 3.37. The molecule has 1 unspecified atom stereocenters. The average molecular weight is 396 g/mol. The molecule has 142 valence electrons. The zero-order valence-electron chi connectivity index (χ0n) is 14.8. The van der Waals surface area contributed by atoms with Crippen LogP contribution < -0.4 is 5.73 Å². The summed E-state index contributed by atoms with van der Waals surface area (Å²) in [4.78, 5) is 16.6. The second-order valence-corrected chi connectivity index (χ2v) is 6.45. The molecule has 6 heteroatoms. The van der Waals surface area contributed by atoms with Gasteiger partial charge in [-0.05, 0) is 24.1 Å². The number of nitrogens with two attached hydrogens (primary N) is 1. The van der Waals surface area contributed by atoms with E-state index in [1.54, 1.807) is 0 Å². The highest BCUT2D eigenvalue weighted by molar-refractivity contribution is 5.85. The van der Waals surface area contributed by atoms with Crippen molar-refractivity contribution < 1.29 is 4.79 Å². The minimum absolute atomic E-state index is 0. The minimum atomic E-state index is -0.239. The highest BCUT2D eigenvalue weighted by atomic mass is 35.5. The molecule has 2 aromatic carbocycles. The van der Waals surface area contributed by atoms with E-state index < -0.39 is 0 Å². The van der Waals surface area contributed by atoms with Crippen LogP contribution in [-0.4, -0.2) is 41.4 Å². The van der Waals surface area contributed by atoms with Gasteiger partial charge in [0, 0.05) is 26.2 Å². The van der Waals surface area contributed by atoms with E-state index in [1.807, 2.05) is 24.3 Å². The Balaban J connectivity index is 0.00000169. The molecular formula is C20H27Cl2N3O.